The summed E-state index contributed by atoms with van der Waals surface area (Å²) in [5.41, 5.74) is 2.03. The SMILES string of the molecule is CCCCCOc1ccc([C@@H]2NC(=S)NC(C)=C2C(=O)OCC)cc1OC. The summed E-state index contributed by atoms with van der Waals surface area (Å²) in [7, 11) is 1.60. The van der Waals surface area contributed by atoms with Gasteiger partial charge in [0.25, 0.3) is 0 Å². The van der Waals surface area contributed by atoms with Crippen LogP contribution in [-0.4, -0.2) is 31.4 Å². The molecule has 0 amide bonds. The van der Waals surface area contributed by atoms with E-state index in [2.05, 4.69) is 17.6 Å². The first kappa shape index (κ1) is 21.0. The summed E-state index contributed by atoms with van der Waals surface area (Å²) < 4.78 is 16.6. The molecular formula is C20H28N2O4S. The van der Waals surface area contributed by atoms with Crippen LogP contribution in [-0.2, 0) is 9.53 Å². The number of esters is 1. The van der Waals surface area contributed by atoms with Crippen molar-refractivity contribution in [2.24, 2.45) is 0 Å². The maximum absolute atomic E-state index is 12.5. The van der Waals surface area contributed by atoms with E-state index in [-0.39, 0.29) is 5.97 Å². The fourth-order valence-corrected chi connectivity index (χ4v) is 3.21. The first-order chi connectivity index (χ1) is 13.0. The lowest BCUT2D eigenvalue weighted by Crippen LogP contribution is -2.45. The Kier molecular flexibility index (Phi) is 7.91. The van der Waals surface area contributed by atoms with E-state index in [1.807, 2.05) is 25.1 Å². The molecule has 1 aromatic carbocycles. The number of hydrogen-bond donors (Lipinski definition) is 2. The van der Waals surface area contributed by atoms with E-state index in [4.69, 9.17) is 26.4 Å². The normalized spacial score (nSPS) is 16.4. The zero-order valence-corrected chi connectivity index (χ0v) is 17.2. The number of allylic oxidation sites excluding steroid dienone is 1. The van der Waals surface area contributed by atoms with Gasteiger partial charge in [-0.1, -0.05) is 25.8 Å². The quantitative estimate of drug-likeness (QED) is 0.378. The molecule has 0 aromatic heterocycles. The van der Waals surface area contributed by atoms with E-state index in [1.165, 1.54) is 0 Å². The highest BCUT2D eigenvalue weighted by molar-refractivity contribution is 7.80. The second-order valence-corrected chi connectivity index (χ2v) is 6.66. The highest BCUT2D eigenvalue weighted by Crippen LogP contribution is 2.34. The average molecular weight is 393 g/mol. The average Bonchev–Trinajstić information content (AvgIpc) is 2.64. The molecule has 0 spiro atoms. The van der Waals surface area contributed by atoms with Crippen molar-refractivity contribution in [2.45, 2.75) is 46.1 Å². The van der Waals surface area contributed by atoms with Crippen molar-refractivity contribution in [1.29, 1.82) is 0 Å². The second-order valence-electron chi connectivity index (χ2n) is 6.26. The number of carbonyl (C=O) groups is 1. The van der Waals surface area contributed by atoms with Crippen LogP contribution >= 0.6 is 12.2 Å². The smallest absolute Gasteiger partial charge is 0.338 e. The second kappa shape index (κ2) is 10.2. The van der Waals surface area contributed by atoms with Crippen LogP contribution in [0.15, 0.2) is 29.5 Å². The predicted molar refractivity (Wildman–Crippen MR) is 109 cm³/mol. The molecule has 0 aliphatic carbocycles. The van der Waals surface area contributed by atoms with Crippen molar-refractivity contribution in [3.05, 3.63) is 35.0 Å². The Bertz CT molecular complexity index is 718. The molecule has 1 aliphatic heterocycles. The molecule has 0 radical (unpaired) electrons. The highest BCUT2D eigenvalue weighted by atomic mass is 32.1. The molecule has 2 N–H and O–H groups in total. The maximum Gasteiger partial charge on any atom is 0.338 e. The largest absolute Gasteiger partial charge is 0.493 e. The summed E-state index contributed by atoms with van der Waals surface area (Å²) in [5.74, 6) is 0.935. The Morgan fingerprint density at radius 3 is 2.67 bits per heavy atom. The van der Waals surface area contributed by atoms with E-state index in [9.17, 15) is 4.79 Å². The lowest BCUT2D eigenvalue weighted by molar-refractivity contribution is -0.139. The van der Waals surface area contributed by atoms with Gasteiger partial charge < -0.3 is 24.8 Å². The Balaban J connectivity index is 2.30. The molecule has 2 rings (SSSR count). The van der Waals surface area contributed by atoms with Gasteiger partial charge in [-0.05, 0) is 50.2 Å². The highest BCUT2D eigenvalue weighted by Gasteiger charge is 2.31. The first-order valence-corrected chi connectivity index (χ1v) is 9.68. The summed E-state index contributed by atoms with van der Waals surface area (Å²) in [6.07, 6.45) is 3.27. The number of benzene rings is 1. The van der Waals surface area contributed by atoms with Crippen molar-refractivity contribution in [1.82, 2.24) is 10.6 Å². The third-order valence-corrected chi connectivity index (χ3v) is 4.51. The Labute approximate surface area is 166 Å². The lowest BCUT2D eigenvalue weighted by Gasteiger charge is -2.30. The molecule has 0 bridgehead atoms. The molecule has 7 heteroatoms. The Morgan fingerprint density at radius 2 is 2.00 bits per heavy atom. The van der Waals surface area contributed by atoms with E-state index >= 15 is 0 Å². The topological polar surface area (TPSA) is 68.8 Å². The monoisotopic (exact) mass is 392 g/mol. The molecule has 6 nitrogen and oxygen atoms in total. The summed E-state index contributed by atoms with van der Waals surface area (Å²) in [6, 6.07) is 5.23. The van der Waals surface area contributed by atoms with Crippen LogP contribution in [0.1, 0.15) is 51.6 Å². The van der Waals surface area contributed by atoms with Crippen LogP contribution in [0.4, 0.5) is 0 Å². The van der Waals surface area contributed by atoms with E-state index in [0.717, 1.165) is 24.8 Å². The Hall–Kier alpha value is -2.28. The van der Waals surface area contributed by atoms with E-state index in [1.54, 1.807) is 14.0 Å². The first-order valence-electron chi connectivity index (χ1n) is 9.27. The van der Waals surface area contributed by atoms with Gasteiger partial charge in [-0.2, -0.15) is 0 Å². The molecule has 0 saturated heterocycles. The fraction of sp³-hybridized carbons (Fsp3) is 0.500. The zero-order chi connectivity index (χ0) is 19.8. The molecule has 1 aromatic rings. The third-order valence-electron chi connectivity index (χ3n) is 4.29. The standard InChI is InChI=1S/C20H28N2O4S/c1-5-7-8-11-26-15-10-9-14(12-16(15)24-4)18-17(19(23)25-6-2)13(3)21-20(27)22-18/h9-10,12,18H,5-8,11H2,1-4H3,(H2,21,22,27)/t18-/m0/s1. The molecule has 148 valence electrons. The Morgan fingerprint density at radius 1 is 1.22 bits per heavy atom. The summed E-state index contributed by atoms with van der Waals surface area (Å²) in [4.78, 5) is 12.5. The van der Waals surface area contributed by atoms with E-state index < -0.39 is 6.04 Å². The number of carbonyl (C=O) groups excluding carboxylic acids is 1. The molecule has 0 fully saturated rings. The fourth-order valence-electron chi connectivity index (χ4n) is 2.94. The van der Waals surface area contributed by atoms with Gasteiger partial charge in [0.2, 0.25) is 0 Å². The number of nitrogens with one attached hydrogen (secondary N) is 2. The van der Waals surface area contributed by atoms with Gasteiger partial charge >= 0.3 is 5.97 Å². The molecule has 1 heterocycles. The molecule has 0 unspecified atom stereocenters. The van der Waals surface area contributed by atoms with Crippen LogP contribution in [0, 0.1) is 0 Å². The number of ether oxygens (including phenoxy) is 3. The molecular weight excluding hydrogens is 364 g/mol. The number of thiocarbonyl (C=S) groups is 1. The van der Waals surface area contributed by atoms with Crippen molar-refractivity contribution in [2.75, 3.05) is 20.3 Å². The van der Waals surface area contributed by atoms with Crippen molar-refractivity contribution in [3.8, 4) is 11.5 Å². The predicted octanol–water partition coefficient (Wildman–Crippen LogP) is 3.62. The number of rotatable bonds is 9. The lowest BCUT2D eigenvalue weighted by atomic mass is 9.95. The zero-order valence-electron chi connectivity index (χ0n) is 16.4. The van der Waals surface area contributed by atoms with Gasteiger partial charge in [-0.15, -0.1) is 0 Å². The number of methoxy groups -OCH3 is 1. The van der Waals surface area contributed by atoms with Crippen molar-refractivity contribution in [3.63, 3.8) is 0 Å². The molecule has 0 saturated carbocycles. The van der Waals surface area contributed by atoms with Gasteiger partial charge in [-0.3, -0.25) is 0 Å². The van der Waals surface area contributed by atoms with E-state index in [0.29, 0.717) is 41.1 Å². The minimum Gasteiger partial charge on any atom is -0.493 e. The number of unbranched alkanes of at least 4 members (excludes halogenated alkanes) is 2. The van der Waals surface area contributed by atoms with Crippen molar-refractivity contribution >= 4 is 23.3 Å². The van der Waals surface area contributed by atoms with Crippen LogP contribution in [0.3, 0.4) is 0 Å². The van der Waals surface area contributed by atoms with Gasteiger partial charge in [0, 0.05) is 5.70 Å². The van der Waals surface area contributed by atoms with Crippen molar-refractivity contribution < 1.29 is 19.0 Å². The maximum atomic E-state index is 12.5. The van der Waals surface area contributed by atoms with Gasteiger partial charge in [0.1, 0.15) is 0 Å². The van der Waals surface area contributed by atoms with Crippen LogP contribution in [0.25, 0.3) is 0 Å². The van der Waals surface area contributed by atoms with Crippen LogP contribution in [0.5, 0.6) is 11.5 Å². The summed E-state index contributed by atoms with van der Waals surface area (Å²) in [6.45, 7) is 6.70. The van der Waals surface area contributed by atoms with Gasteiger partial charge in [0.15, 0.2) is 16.6 Å². The van der Waals surface area contributed by atoms with Gasteiger partial charge in [-0.25, -0.2) is 4.79 Å². The van der Waals surface area contributed by atoms with Gasteiger partial charge in [0.05, 0.1) is 31.9 Å². The molecule has 27 heavy (non-hydrogen) atoms. The minimum atomic E-state index is -0.416. The number of hydrogen-bond acceptors (Lipinski definition) is 5. The van der Waals surface area contributed by atoms with Crippen LogP contribution in [0.2, 0.25) is 0 Å². The summed E-state index contributed by atoms with van der Waals surface area (Å²) >= 11 is 5.27. The minimum absolute atomic E-state index is 0.306. The summed E-state index contributed by atoms with van der Waals surface area (Å²) in [5, 5.41) is 6.60. The molecule has 1 atom stereocenters. The molecule has 1 aliphatic rings. The van der Waals surface area contributed by atoms with Crippen LogP contribution < -0.4 is 20.1 Å². The third kappa shape index (κ3) is 5.35.